The number of anilines is 1. The molecule has 7 nitrogen and oxygen atoms in total. The van der Waals surface area contributed by atoms with E-state index < -0.39 is 5.91 Å². The summed E-state index contributed by atoms with van der Waals surface area (Å²) in [6.07, 6.45) is 1.79. The van der Waals surface area contributed by atoms with Gasteiger partial charge in [-0.25, -0.2) is 9.97 Å². The molecule has 0 atom stereocenters. The zero-order chi connectivity index (χ0) is 17.3. The number of aryl methyl sites for hydroxylation is 1. The molecule has 0 aromatic carbocycles. The third-order valence-electron chi connectivity index (χ3n) is 3.41. The number of hydrogen-bond donors (Lipinski definition) is 2. The van der Waals surface area contributed by atoms with Crippen LogP contribution in [0.15, 0.2) is 23.0 Å². The van der Waals surface area contributed by atoms with Crippen LogP contribution in [-0.4, -0.2) is 26.3 Å². The van der Waals surface area contributed by atoms with Crippen molar-refractivity contribution in [2.24, 2.45) is 5.73 Å². The normalized spacial score (nSPS) is 10.8. The third-order valence-corrected chi connectivity index (χ3v) is 4.98. The van der Waals surface area contributed by atoms with Crippen LogP contribution >= 0.6 is 22.7 Å². The molecule has 0 unspecified atom stereocenters. The molecule has 3 aromatic rings. The van der Waals surface area contributed by atoms with Crippen molar-refractivity contribution < 1.29 is 9.59 Å². The number of carbonyl (C=O) groups is 2. The Morgan fingerprint density at radius 1 is 1.33 bits per heavy atom. The molecule has 0 aliphatic carbocycles. The van der Waals surface area contributed by atoms with E-state index in [1.54, 1.807) is 11.6 Å². The van der Waals surface area contributed by atoms with Crippen molar-refractivity contribution in [1.82, 2.24) is 14.5 Å². The zero-order valence-corrected chi connectivity index (χ0v) is 14.7. The second kappa shape index (κ2) is 6.54. The summed E-state index contributed by atoms with van der Waals surface area (Å²) in [7, 11) is 0. The fourth-order valence-corrected chi connectivity index (χ4v) is 3.86. The van der Waals surface area contributed by atoms with Gasteiger partial charge in [0.15, 0.2) is 10.3 Å². The topological polar surface area (TPSA) is 103 Å². The zero-order valence-electron chi connectivity index (χ0n) is 13.1. The number of thiazole rings is 2. The molecule has 3 rings (SSSR count). The standard InChI is InChI=1S/C15H15N5O2S2/c1-8-5-11(9(2)20(8)15-17-3-4-23-15)13(22)19-14-18-10(7-24-14)6-12(16)21/h3-5,7H,6H2,1-2H3,(H2,16,21)(H,18,19,22). The maximum Gasteiger partial charge on any atom is 0.259 e. The van der Waals surface area contributed by atoms with Crippen LogP contribution in [0, 0.1) is 13.8 Å². The molecule has 9 heteroatoms. The summed E-state index contributed by atoms with van der Waals surface area (Å²) in [5.74, 6) is -0.698. The highest BCUT2D eigenvalue weighted by molar-refractivity contribution is 7.14. The monoisotopic (exact) mass is 361 g/mol. The quantitative estimate of drug-likeness (QED) is 0.727. The van der Waals surface area contributed by atoms with Gasteiger partial charge < -0.3 is 5.73 Å². The predicted molar refractivity (Wildman–Crippen MR) is 93.9 cm³/mol. The molecule has 24 heavy (non-hydrogen) atoms. The highest BCUT2D eigenvalue weighted by Gasteiger charge is 2.18. The number of nitrogens with zero attached hydrogens (tertiary/aromatic N) is 3. The lowest BCUT2D eigenvalue weighted by Gasteiger charge is -2.05. The molecule has 0 saturated carbocycles. The number of hydrogen-bond acceptors (Lipinski definition) is 6. The fourth-order valence-electron chi connectivity index (χ4n) is 2.40. The maximum atomic E-state index is 12.5. The van der Waals surface area contributed by atoms with E-state index in [9.17, 15) is 9.59 Å². The molecule has 0 fully saturated rings. The Morgan fingerprint density at radius 2 is 2.12 bits per heavy atom. The van der Waals surface area contributed by atoms with Gasteiger partial charge in [0.25, 0.3) is 5.91 Å². The van der Waals surface area contributed by atoms with Crippen molar-refractivity contribution in [2.45, 2.75) is 20.3 Å². The van der Waals surface area contributed by atoms with E-state index >= 15 is 0 Å². The van der Waals surface area contributed by atoms with E-state index in [-0.39, 0.29) is 12.3 Å². The van der Waals surface area contributed by atoms with Gasteiger partial charge in [-0.1, -0.05) is 0 Å². The smallest absolute Gasteiger partial charge is 0.259 e. The van der Waals surface area contributed by atoms with Crippen molar-refractivity contribution in [1.29, 1.82) is 0 Å². The molecular weight excluding hydrogens is 346 g/mol. The Bertz CT molecular complexity index is 895. The summed E-state index contributed by atoms with van der Waals surface area (Å²) in [5, 5.41) is 7.63. The molecule has 0 aliphatic heterocycles. The van der Waals surface area contributed by atoms with Gasteiger partial charge in [-0.05, 0) is 19.9 Å². The Kier molecular flexibility index (Phi) is 4.45. The van der Waals surface area contributed by atoms with E-state index in [1.165, 1.54) is 22.7 Å². The van der Waals surface area contributed by atoms with Gasteiger partial charge >= 0.3 is 0 Å². The number of nitrogens with two attached hydrogens (primary N) is 1. The van der Waals surface area contributed by atoms with Crippen LogP contribution in [0.25, 0.3) is 5.13 Å². The van der Waals surface area contributed by atoms with Crippen LogP contribution in [-0.2, 0) is 11.2 Å². The molecule has 0 spiro atoms. The summed E-state index contributed by atoms with van der Waals surface area (Å²) < 4.78 is 1.94. The van der Waals surface area contributed by atoms with E-state index in [4.69, 9.17) is 5.73 Å². The number of nitrogens with one attached hydrogen (secondary N) is 1. The molecular formula is C15H15N5O2S2. The Labute approximate surface area is 146 Å². The Hall–Kier alpha value is -2.52. The minimum absolute atomic E-state index is 0.0604. The van der Waals surface area contributed by atoms with Crippen molar-refractivity contribution in [3.05, 3.63) is 45.7 Å². The number of amides is 2. The number of aromatic nitrogens is 3. The van der Waals surface area contributed by atoms with Crippen molar-refractivity contribution in [3.63, 3.8) is 0 Å². The largest absolute Gasteiger partial charge is 0.369 e. The van der Waals surface area contributed by atoms with E-state index in [0.717, 1.165) is 16.5 Å². The van der Waals surface area contributed by atoms with Gasteiger partial charge in [0.1, 0.15) is 0 Å². The van der Waals surface area contributed by atoms with Crippen molar-refractivity contribution >= 4 is 39.6 Å². The SMILES string of the molecule is Cc1cc(C(=O)Nc2nc(CC(N)=O)cs2)c(C)n1-c1nccs1. The highest BCUT2D eigenvalue weighted by Crippen LogP contribution is 2.24. The van der Waals surface area contributed by atoms with Crippen LogP contribution in [0.1, 0.15) is 27.4 Å². The summed E-state index contributed by atoms with van der Waals surface area (Å²) in [6, 6.07) is 1.82. The molecule has 3 aromatic heterocycles. The van der Waals surface area contributed by atoms with Crippen LogP contribution in [0.3, 0.4) is 0 Å². The van der Waals surface area contributed by atoms with Crippen LogP contribution in [0.4, 0.5) is 5.13 Å². The molecule has 124 valence electrons. The predicted octanol–water partition coefficient (Wildman–Crippen LogP) is 2.29. The lowest BCUT2D eigenvalue weighted by Crippen LogP contribution is -2.15. The van der Waals surface area contributed by atoms with Crippen LogP contribution in [0.2, 0.25) is 0 Å². The van der Waals surface area contributed by atoms with E-state index in [0.29, 0.717) is 16.4 Å². The first-order valence-electron chi connectivity index (χ1n) is 7.08. The summed E-state index contributed by atoms with van der Waals surface area (Å²) in [6.45, 7) is 3.81. The van der Waals surface area contributed by atoms with Gasteiger partial charge in [0, 0.05) is 28.3 Å². The summed E-state index contributed by atoms with van der Waals surface area (Å²) in [4.78, 5) is 31.9. The second-order valence-electron chi connectivity index (χ2n) is 5.18. The second-order valence-corrected chi connectivity index (χ2v) is 6.91. The Morgan fingerprint density at radius 3 is 2.79 bits per heavy atom. The molecule has 2 amide bonds. The third kappa shape index (κ3) is 3.22. The van der Waals surface area contributed by atoms with Gasteiger partial charge in [0.05, 0.1) is 17.7 Å². The number of primary amides is 1. The summed E-state index contributed by atoms with van der Waals surface area (Å²) in [5.41, 5.74) is 8.00. The molecule has 0 saturated heterocycles. The lowest BCUT2D eigenvalue weighted by atomic mass is 10.2. The van der Waals surface area contributed by atoms with Gasteiger partial charge in [-0.2, -0.15) is 0 Å². The first-order valence-corrected chi connectivity index (χ1v) is 8.84. The maximum absolute atomic E-state index is 12.5. The molecule has 0 bridgehead atoms. The van der Waals surface area contributed by atoms with Gasteiger partial charge in [-0.15, -0.1) is 22.7 Å². The number of carbonyl (C=O) groups excluding carboxylic acids is 2. The summed E-state index contributed by atoms with van der Waals surface area (Å²) >= 11 is 2.77. The molecule has 3 N–H and O–H groups in total. The van der Waals surface area contributed by atoms with Crippen molar-refractivity contribution in [2.75, 3.05) is 5.32 Å². The van der Waals surface area contributed by atoms with Gasteiger partial charge in [-0.3, -0.25) is 19.5 Å². The minimum Gasteiger partial charge on any atom is -0.369 e. The van der Waals surface area contributed by atoms with Crippen LogP contribution < -0.4 is 11.1 Å². The van der Waals surface area contributed by atoms with E-state index in [1.807, 2.05) is 29.9 Å². The van der Waals surface area contributed by atoms with E-state index in [2.05, 4.69) is 15.3 Å². The lowest BCUT2D eigenvalue weighted by molar-refractivity contribution is -0.117. The average Bonchev–Trinajstić information content (AvgIpc) is 3.20. The van der Waals surface area contributed by atoms with Crippen molar-refractivity contribution in [3.8, 4) is 5.13 Å². The average molecular weight is 361 g/mol. The minimum atomic E-state index is -0.454. The highest BCUT2D eigenvalue weighted by atomic mass is 32.1. The van der Waals surface area contributed by atoms with Gasteiger partial charge in [0.2, 0.25) is 5.91 Å². The first-order chi connectivity index (χ1) is 11.5. The fraction of sp³-hybridized carbons (Fsp3) is 0.200. The molecule has 0 radical (unpaired) electrons. The first kappa shape index (κ1) is 16.3. The number of rotatable bonds is 5. The van der Waals surface area contributed by atoms with Crippen LogP contribution in [0.5, 0.6) is 0 Å². The molecule has 0 aliphatic rings. The Balaban J connectivity index is 1.82. The molecule has 3 heterocycles.